The molecule has 2 N–H and O–H groups in total. The van der Waals surface area contributed by atoms with Crippen LogP contribution in [0, 0.1) is 0 Å². The predicted molar refractivity (Wildman–Crippen MR) is 72.7 cm³/mol. The maximum atomic E-state index is 12.0. The molecule has 8 heteroatoms. The molecule has 1 fully saturated rings. The molecule has 0 radical (unpaired) electrons. The van der Waals surface area contributed by atoms with Crippen molar-refractivity contribution in [2.45, 2.75) is 11.5 Å². The number of sulfonamides is 1. The van der Waals surface area contributed by atoms with E-state index in [2.05, 4.69) is 9.62 Å². The van der Waals surface area contributed by atoms with Gasteiger partial charge in [-0.2, -0.15) is 0 Å². The number of hydrogen-bond acceptors (Lipinski definition) is 6. The summed E-state index contributed by atoms with van der Waals surface area (Å²) in [6, 6.07) is 1.50. The fourth-order valence-corrected chi connectivity index (χ4v) is 3.99. The van der Waals surface area contributed by atoms with E-state index in [0.717, 1.165) is 13.1 Å². The largest absolute Gasteiger partial charge is 0.391 e. The van der Waals surface area contributed by atoms with Crippen LogP contribution < -0.4 is 4.72 Å². The molecule has 0 bridgehead atoms. The molecule has 0 aromatic carbocycles. The zero-order valence-corrected chi connectivity index (χ0v) is 12.2. The van der Waals surface area contributed by atoms with Crippen LogP contribution >= 0.6 is 11.3 Å². The van der Waals surface area contributed by atoms with Crippen molar-refractivity contribution in [3.8, 4) is 0 Å². The quantitative estimate of drug-likeness (QED) is 0.764. The number of rotatable bonds is 6. The van der Waals surface area contributed by atoms with Crippen molar-refractivity contribution in [1.29, 1.82) is 0 Å². The van der Waals surface area contributed by atoms with Gasteiger partial charge in [-0.05, 0) is 6.07 Å². The highest BCUT2D eigenvalue weighted by atomic mass is 32.2. The van der Waals surface area contributed by atoms with E-state index in [4.69, 9.17) is 9.84 Å². The number of aliphatic hydroxyl groups excluding tert-OH is 1. The van der Waals surface area contributed by atoms with Gasteiger partial charge >= 0.3 is 0 Å². The van der Waals surface area contributed by atoms with Gasteiger partial charge in [0.05, 0.1) is 24.7 Å². The molecular weight excluding hydrogens is 288 g/mol. The first-order valence-corrected chi connectivity index (χ1v) is 8.46. The molecule has 0 aliphatic carbocycles. The molecule has 1 saturated heterocycles. The maximum Gasteiger partial charge on any atom is 0.241 e. The van der Waals surface area contributed by atoms with E-state index in [1.165, 1.54) is 17.4 Å². The normalized spacial score (nSPS) is 17.7. The smallest absolute Gasteiger partial charge is 0.241 e. The first-order chi connectivity index (χ1) is 9.12. The van der Waals surface area contributed by atoms with E-state index in [0.29, 0.717) is 31.2 Å². The maximum absolute atomic E-state index is 12.0. The molecule has 1 aliphatic rings. The van der Waals surface area contributed by atoms with Gasteiger partial charge < -0.3 is 9.84 Å². The van der Waals surface area contributed by atoms with E-state index in [1.54, 1.807) is 5.38 Å². The topological polar surface area (TPSA) is 78.9 Å². The Labute approximate surface area is 117 Å². The third-order valence-electron chi connectivity index (χ3n) is 2.92. The molecule has 0 saturated carbocycles. The van der Waals surface area contributed by atoms with Crippen LogP contribution in [-0.2, 0) is 21.4 Å². The van der Waals surface area contributed by atoms with Crippen molar-refractivity contribution < 1.29 is 18.3 Å². The molecule has 1 aromatic rings. The molecule has 1 aromatic heterocycles. The van der Waals surface area contributed by atoms with Gasteiger partial charge in [-0.3, -0.25) is 4.90 Å². The fourth-order valence-electron chi connectivity index (χ4n) is 1.83. The lowest BCUT2D eigenvalue weighted by Crippen LogP contribution is -2.41. The van der Waals surface area contributed by atoms with Crippen molar-refractivity contribution in [3.05, 3.63) is 16.3 Å². The molecule has 0 atom stereocenters. The van der Waals surface area contributed by atoms with Crippen molar-refractivity contribution in [2.24, 2.45) is 0 Å². The summed E-state index contributed by atoms with van der Waals surface area (Å²) >= 11 is 1.24. The molecule has 108 valence electrons. The second kappa shape index (κ2) is 6.78. The second-order valence-corrected chi connectivity index (χ2v) is 7.02. The van der Waals surface area contributed by atoms with Crippen LogP contribution in [0.3, 0.4) is 0 Å². The first kappa shape index (κ1) is 14.9. The van der Waals surface area contributed by atoms with E-state index in [-0.39, 0.29) is 11.5 Å². The van der Waals surface area contributed by atoms with Gasteiger partial charge in [0.1, 0.15) is 0 Å². The number of hydrogen-bond donors (Lipinski definition) is 2. The minimum atomic E-state index is -3.46. The van der Waals surface area contributed by atoms with Crippen molar-refractivity contribution in [3.63, 3.8) is 0 Å². The molecule has 19 heavy (non-hydrogen) atoms. The zero-order valence-electron chi connectivity index (χ0n) is 10.5. The highest BCUT2D eigenvalue weighted by Crippen LogP contribution is 2.18. The van der Waals surface area contributed by atoms with Crippen LogP contribution in [-0.4, -0.2) is 57.8 Å². The second-order valence-electron chi connectivity index (χ2n) is 4.26. The lowest BCUT2D eigenvalue weighted by molar-refractivity contribution is 0.0390. The minimum Gasteiger partial charge on any atom is -0.391 e. The zero-order chi connectivity index (χ0) is 13.7. The Morgan fingerprint density at radius 1 is 1.42 bits per heavy atom. The van der Waals surface area contributed by atoms with E-state index in [9.17, 15) is 8.42 Å². The molecule has 1 aliphatic heterocycles. The standard InChI is InChI=1S/C11H18N2O4S2/c14-8-10-7-11(9-18-10)19(15,16)12-1-2-13-3-5-17-6-4-13/h7,9,12,14H,1-6,8H2. The number of morpholine rings is 1. The number of nitrogens with one attached hydrogen (secondary N) is 1. The summed E-state index contributed by atoms with van der Waals surface area (Å²) in [5.41, 5.74) is 0. The van der Waals surface area contributed by atoms with E-state index in [1.807, 2.05) is 0 Å². The Morgan fingerprint density at radius 2 is 2.16 bits per heavy atom. The molecule has 6 nitrogen and oxygen atoms in total. The number of ether oxygens (including phenoxy) is 1. The Morgan fingerprint density at radius 3 is 2.79 bits per heavy atom. The Balaban J connectivity index is 1.83. The molecule has 0 spiro atoms. The summed E-state index contributed by atoms with van der Waals surface area (Å²) in [6.45, 7) is 4.03. The number of nitrogens with zero attached hydrogens (tertiary/aromatic N) is 1. The van der Waals surface area contributed by atoms with Crippen LogP contribution in [0.5, 0.6) is 0 Å². The van der Waals surface area contributed by atoms with Crippen molar-refractivity contribution in [2.75, 3.05) is 39.4 Å². The van der Waals surface area contributed by atoms with E-state index >= 15 is 0 Å². The van der Waals surface area contributed by atoms with E-state index < -0.39 is 10.0 Å². The molecule has 0 amide bonds. The van der Waals surface area contributed by atoms with Crippen molar-refractivity contribution >= 4 is 21.4 Å². The third-order valence-corrected chi connectivity index (χ3v) is 5.43. The Kier molecular flexibility index (Phi) is 5.31. The molecule has 2 heterocycles. The fraction of sp³-hybridized carbons (Fsp3) is 0.636. The predicted octanol–water partition coefficient (Wildman–Crippen LogP) is -0.149. The van der Waals surface area contributed by atoms with Gasteiger partial charge in [-0.1, -0.05) is 0 Å². The SMILES string of the molecule is O=S(=O)(NCCN1CCOCC1)c1csc(CO)c1. The first-order valence-electron chi connectivity index (χ1n) is 6.10. The summed E-state index contributed by atoms with van der Waals surface area (Å²) in [5.74, 6) is 0. The lowest BCUT2D eigenvalue weighted by Gasteiger charge is -2.26. The van der Waals surface area contributed by atoms with Crippen molar-refractivity contribution in [1.82, 2.24) is 9.62 Å². The highest BCUT2D eigenvalue weighted by molar-refractivity contribution is 7.89. The third kappa shape index (κ3) is 4.23. The van der Waals surface area contributed by atoms with Gasteiger partial charge in [-0.25, -0.2) is 13.1 Å². The van der Waals surface area contributed by atoms with Crippen LogP contribution in [0.4, 0.5) is 0 Å². The van der Waals surface area contributed by atoms with Gasteiger partial charge in [0, 0.05) is 36.4 Å². The van der Waals surface area contributed by atoms with Gasteiger partial charge in [-0.15, -0.1) is 11.3 Å². The Hall–Kier alpha value is -0.510. The summed E-state index contributed by atoms with van der Waals surface area (Å²) in [6.07, 6.45) is 0. The monoisotopic (exact) mass is 306 g/mol. The summed E-state index contributed by atoms with van der Waals surface area (Å²) in [4.78, 5) is 3.04. The Bertz CT molecular complexity index is 495. The molecule has 0 unspecified atom stereocenters. The van der Waals surface area contributed by atoms with Gasteiger partial charge in [0.2, 0.25) is 10.0 Å². The summed E-state index contributed by atoms with van der Waals surface area (Å²) < 4.78 is 31.8. The van der Waals surface area contributed by atoms with Gasteiger partial charge in [0.25, 0.3) is 0 Å². The van der Waals surface area contributed by atoms with Crippen LogP contribution in [0.25, 0.3) is 0 Å². The summed E-state index contributed by atoms with van der Waals surface area (Å²) in [5, 5.41) is 10.5. The number of thiophene rings is 1. The van der Waals surface area contributed by atoms with Crippen LogP contribution in [0.2, 0.25) is 0 Å². The average molecular weight is 306 g/mol. The summed E-state index contributed by atoms with van der Waals surface area (Å²) in [7, 11) is -3.46. The molecular formula is C11H18N2O4S2. The van der Waals surface area contributed by atoms with Crippen LogP contribution in [0.1, 0.15) is 4.88 Å². The highest BCUT2D eigenvalue weighted by Gasteiger charge is 2.16. The molecule has 2 rings (SSSR count). The number of aliphatic hydroxyl groups is 1. The van der Waals surface area contributed by atoms with Crippen LogP contribution in [0.15, 0.2) is 16.3 Å². The minimum absolute atomic E-state index is 0.131. The van der Waals surface area contributed by atoms with Gasteiger partial charge in [0.15, 0.2) is 0 Å². The lowest BCUT2D eigenvalue weighted by atomic mass is 10.4. The average Bonchev–Trinajstić information content (AvgIpc) is 2.89.